The number of rotatable bonds is 6. The zero-order chi connectivity index (χ0) is 35.2. The van der Waals surface area contributed by atoms with Gasteiger partial charge in [0.2, 0.25) is 0 Å². The number of benzene rings is 8. The van der Waals surface area contributed by atoms with Gasteiger partial charge in [-0.15, -0.1) is 0 Å². The van der Waals surface area contributed by atoms with Crippen LogP contribution in [0.5, 0.6) is 0 Å². The van der Waals surface area contributed by atoms with Crippen LogP contribution in [-0.2, 0) is 5.41 Å². The molecule has 0 spiro atoms. The largest absolute Gasteiger partial charge is 0.208 e. The molecule has 1 aromatic heterocycles. The Balaban J connectivity index is 1.29. The molecule has 0 aliphatic heterocycles. The van der Waals surface area contributed by atoms with Crippen LogP contribution >= 0.6 is 0 Å². The van der Waals surface area contributed by atoms with E-state index in [1.54, 1.807) is 0 Å². The average molecular weight is 676 g/mol. The van der Waals surface area contributed by atoms with Crippen molar-refractivity contribution in [2.75, 3.05) is 0 Å². The second-order valence-corrected chi connectivity index (χ2v) is 13.5. The average Bonchev–Trinajstić information content (AvgIpc) is 3.54. The molecule has 0 fully saturated rings. The molecule has 9 aromatic rings. The fraction of sp³-hybridized carbons (Fsp3) is 0.0200. The molecule has 0 bridgehead atoms. The van der Waals surface area contributed by atoms with Gasteiger partial charge in [-0.25, -0.2) is 15.0 Å². The lowest BCUT2D eigenvalue weighted by molar-refractivity contribution is 0.769. The quantitative estimate of drug-likeness (QED) is 0.176. The van der Waals surface area contributed by atoms with Crippen molar-refractivity contribution < 1.29 is 0 Å². The summed E-state index contributed by atoms with van der Waals surface area (Å²) in [6, 6.07) is 71.0. The van der Waals surface area contributed by atoms with Crippen LogP contribution in [0.2, 0.25) is 0 Å². The van der Waals surface area contributed by atoms with Gasteiger partial charge in [0.05, 0.1) is 5.41 Å². The summed E-state index contributed by atoms with van der Waals surface area (Å²) in [5.74, 6) is 1.93. The Morgan fingerprint density at radius 1 is 0.321 bits per heavy atom. The number of aromatic nitrogens is 3. The molecule has 0 saturated carbocycles. The summed E-state index contributed by atoms with van der Waals surface area (Å²) in [4.78, 5) is 15.8. The molecule has 0 radical (unpaired) electrons. The minimum atomic E-state index is -0.557. The Morgan fingerprint density at radius 3 is 1.42 bits per heavy atom. The lowest BCUT2D eigenvalue weighted by atomic mass is 9.67. The molecule has 0 atom stereocenters. The Morgan fingerprint density at radius 2 is 0.774 bits per heavy atom. The molecule has 0 saturated heterocycles. The summed E-state index contributed by atoms with van der Waals surface area (Å²) in [6.07, 6.45) is 0. The van der Waals surface area contributed by atoms with Crippen molar-refractivity contribution in [2.24, 2.45) is 0 Å². The van der Waals surface area contributed by atoms with E-state index in [4.69, 9.17) is 15.0 Å². The Kier molecular flexibility index (Phi) is 7.36. The van der Waals surface area contributed by atoms with E-state index in [0.29, 0.717) is 17.5 Å². The molecule has 8 aromatic carbocycles. The molecular weight excluding hydrogens is 643 g/mol. The second kappa shape index (κ2) is 12.7. The Bertz CT molecular complexity index is 2700. The van der Waals surface area contributed by atoms with Gasteiger partial charge in [0, 0.05) is 16.7 Å². The van der Waals surface area contributed by atoms with Gasteiger partial charge in [0.1, 0.15) is 0 Å². The predicted molar refractivity (Wildman–Crippen MR) is 216 cm³/mol. The third kappa shape index (κ3) is 5.01. The molecule has 1 aliphatic carbocycles. The highest BCUT2D eigenvalue weighted by atomic mass is 15.0. The third-order valence-electron chi connectivity index (χ3n) is 10.6. The molecule has 53 heavy (non-hydrogen) atoms. The van der Waals surface area contributed by atoms with Gasteiger partial charge >= 0.3 is 0 Å². The van der Waals surface area contributed by atoms with E-state index < -0.39 is 5.41 Å². The lowest BCUT2D eigenvalue weighted by Crippen LogP contribution is -2.28. The van der Waals surface area contributed by atoms with E-state index in [0.717, 1.165) is 38.6 Å². The number of nitrogens with zero attached hydrogens (tertiary/aromatic N) is 3. The maximum absolute atomic E-state index is 5.37. The fourth-order valence-corrected chi connectivity index (χ4v) is 8.27. The third-order valence-corrected chi connectivity index (χ3v) is 10.6. The summed E-state index contributed by atoms with van der Waals surface area (Å²) in [6.45, 7) is 0. The Labute approximate surface area is 309 Å². The lowest BCUT2D eigenvalue weighted by Gasteiger charge is -2.34. The first-order chi connectivity index (χ1) is 26.3. The predicted octanol–water partition coefficient (Wildman–Crippen LogP) is 12.1. The van der Waals surface area contributed by atoms with Crippen molar-refractivity contribution in [3.63, 3.8) is 0 Å². The SMILES string of the molecule is c1ccc(-c2ccc(-c3nc(-c4ccccc4)nc(-c4c5c(cc6ccccc46)C(c4ccccc4)(c4ccccc4)c4ccccc4-5)n3)cc2)cc1. The van der Waals surface area contributed by atoms with Gasteiger partial charge < -0.3 is 0 Å². The van der Waals surface area contributed by atoms with Crippen LogP contribution in [0, 0.1) is 0 Å². The zero-order valence-corrected chi connectivity index (χ0v) is 28.9. The van der Waals surface area contributed by atoms with Crippen molar-refractivity contribution in [2.45, 2.75) is 5.41 Å². The van der Waals surface area contributed by atoms with Crippen molar-refractivity contribution in [3.8, 4) is 56.4 Å². The van der Waals surface area contributed by atoms with Crippen LogP contribution in [0.15, 0.2) is 200 Å². The monoisotopic (exact) mass is 675 g/mol. The van der Waals surface area contributed by atoms with Gasteiger partial charge in [0.25, 0.3) is 0 Å². The molecular formula is C50H33N3. The topological polar surface area (TPSA) is 38.7 Å². The van der Waals surface area contributed by atoms with Gasteiger partial charge in [-0.05, 0) is 61.3 Å². The van der Waals surface area contributed by atoms with Crippen molar-refractivity contribution >= 4 is 10.8 Å². The van der Waals surface area contributed by atoms with Crippen LogP contribution in [0.25, 0.3) is 67.2 Å². The van der Waals surface area contributed by atoms with Crippen molar-refractivity contribution in [1.82, 2.24) is 15.0 Å². The summed E-state index contributed by atoms with van der Waals surface area (Å²) in [7, 11) is 0. The second-order valence-electron chi connectivity index (χ2n) is 13.5. The van der Waals surface area contributed by atoms with Gasteiger partial charge in [0.15, 0.2) is 17.5 Å². The summed E-state index contributed by atoms with van der Waals surface area (Å²) in [5, 5.41) is 2.24. The van der Waals surface area contributed by atoms with Crippen molar-refractivity contribution in [3.05, 3.63) is 222 Å². The van der Waals surface area contributed by atoms with Gasteiger partial charge in [-0.1, -0.05) is 194 Å². The number of hydrogen-bond donors (Lipinski definition) is 0. The molecule has 0 unspecified atom stereocenters. The van der Waals surface area contributed by atoms with E-state index in [2.05, 4.69) is 176 Å². The van der Waals surface area contributed by atoms with E-state index in [-0.39, 0.29) is 0 Å². The van der Waals surface area contributed by atoms with Gasteiger partial charge in [-0.3, -0.25) is 0 Å². The smallest absolute Gasteiger partial charge is 0.165 e. The van der Waals surface area contributed by atoms with E-state index in [9.17, 15) is 0 Å². The van der Waals surface area contributed by atoms with Crippen LogP contribution in [0.1, 0.15) is 22.3 Å². The highest BCUT2D eigenvalue weighted by Crippen LogP contribution is 2.59. The van der Waals surface area contributed by atoms with Gasteiger partial charge in [-0.2, -0.15) is 0 Å². The van der Waals surface area contributed by atoms with Crippen LogP contribution in [0.3, 0.4) is 0 Å². The summed E-state index contributed by atoms with van der Waals surface area (Å²) < 4.78 is 0. The molecule has 10 rings (SSSR count). The highest BCUT2D eigenvalue weighted by Gasteiger charge is 2.47. The fourth-order valence-electron chi connectivity index (χ4n) is 8.27. The first-order valence-electron chi connectivity index (χ1n) is 18.0. The van der Waals surface area contributed by atoms with Crippen LogP contribution < -0.4 is 0 Å². The first-order valence-corrected chi connectivity index (χ1v) is 18.0. The van der Waals surface area contributed by atoms with Crippen molar-refractivity contribution in [1.29, 1.82) is 0 Å². The van der Waals surface area contributed by atoms with E-state index in [1.165, 1.54) is 33.4 Å². The minimum Gasteiger partial charge on any atom is -0.208 e. The molecule has 248 valence electrons. The molecule has 3 heteroatoms. The molecule has 0 amide bonds. The highest BCUT2D eigenvalue weighted by molar-refractivity contribution is 6.08. The maximum Gasteiger partial charge on any atom is 0.165 e. The van der Waals surface area contributed by atoms with Crippen LogP contribution in [-0.4, -0.2) is 15.0 Å². The number of hydrogen-bond acceptors (Lipinski definition) is 3. The first kappa shape index (κ1) is 30.8. The Hall–Kier alpha value is -6.97. The maximum atomic E-state index is 5.37. The van der Waals surface area contributed by atoms with Crippen LogP contribution in [0.4, 0.5) is 0 Å². The molecule has 0 N–H and O–H groups in total. The van der Waals surface area contributed by atoms with E-state index in [1.807, 2.05) is 24.3 Å². The molecule has 3 nitrogen and oxygen atoms in total. The normalized spacial score (nSPS) is 12.7. The number of fused-ring (bicyclic) bond motifs is 4. The summed E-state index contributed by atoms with van der Waals surface area (Å²) in [5.41, 5.74) is 11.9. The summed E-state index contributed by atoms with van der Waals surface area (Å²) >= 11 is 0. The molecule has 1 heterocycles. The molecule has 1 aliphatic rings. The zero-order valence-electron chi connectivity index (χ0n) is 28.9. The van der Waals surface area contributed by atoms with E-state index >= 15 is 0 Å². The minimum absolute atomic E-state index is 0.557. The standard InChI is InChI=1S/C50H33N3/c1-5-17-34(18-6-1)35-29-31-37(32-30-35)48-51-47(36-19-7-2-8-20-36)52-49(53-48)46-41-26-14-13-21-38(41)33-44-45(46)42-27-15-16-28-43(42)50(44,39-22-9-3-10-23-39)40-24-11-4-12-25-40/h1-33H.